The van der Waals surface area contributed by atoms with E-state index in [2.05, 4.69) is 102 Å². The number of carbonyl (C=O) groups excluding carboxylic acids is 2. The van der Waals surface area contributed by atoms with E-state index >= 15 is 0 Å². The van der Waals surface area contributed by atoms with Crippen molar-refractivity contribution in [2.24, 2.45) is 0 Å². The average Bonchev–Trinajstić information content (AvgIpc) is 3.00. The number of aldehydes is 1. The molecule has 0 aliphatic heterocycles. The molecule has 0 atom stereocenters. The van der Waals surface area contributed by atoms with E-state index in [1.54, 1.807) is 0 Å². The Kier molecular flexibility index (Phi) is 8.15. The van der Waals surface area contributed by atoms with Gasteiger partial charge in [0.2, 0.25) is 0 Å². The fourth-order valence-electron chi connectivity index (χ4n) is 5.42. The van der Waals surface area contributed by atoms with Gasteiger partial charge in [-0.1, -0.05) is 0 Å². The van der Waals surface area contributed by atoms with Crippen LogP contribution in [0.25, 0.3) is 10.8 Å². The molecule has 39 heavy (non-hydrogen) atoms. The van der Waals surface area contributed by atoms with Gasteiger partial charge < -0.3 is 0 Å². The van der Waals surface area contributed by atoms with Crippen LogP contribution >= 0.6 is 7.26 Å². The molecule has 0 aromatic heterocycles. The Bertz CT molecular complexity index is 1460. The summed E-state index contributed by atoms with van der Waals surface area (Å²) >= 11 is 0. The van der Waals surface area contributed by atoms with Crippen LogP contribution < -0.4 is 26.1 Å². The summed E-state index contributed by atoms with van der Waals surface area (Å²) in [6, 6.07) is 43.9. The summed E-state index contributed by atoms with van der Waals surface area (Å²) in [6.07, 6.45) is 1.71. The van der Waals surface area contributed by atoms with Gasteiger partial charge in [-0.15, -0.1) is 0 Å². The van der Waals surface area contributed by atoms with Crippen LogP contribution in [0.15, 0.2) is 127 Å². The summed E-state index contributed by atoms with van der Waals surface area (Å²) < 4.78 is 0. The number of likely N-dealkylation sites (N-methyl/N-ethyl adjacent to an activating group) is 1. The first kappa shape index (κ1) is 26.3. The van der Waals surface area contributed by atoms with Gasteiger partial charge in [0.25, 0.3) is 0 Å². The molecule has 5 aromatic rings. The van der Waals surface area contributed by atoms with E-state index in [4.69, 9.17) is 0 Å². The predicted octanol–water partition coefficient (Wildman–Crippen LogP) is 4.93. The van der Waals surface area contributed by atoms with Crippen molar-refractivity contribution >= 4 is 51.8 Å². The zero-order valence-corrected chi connectivity index (χ0v) is 23.1. The van der Waals surface area contributed by atoms with Crippen LogP contribution in [-0.4, -0.2) is 38.5 Å². The Morgan fingerprint density at radius 2 is 1.23 bits per heavy atom. The van der Waals surface area contributed by atoms with Crippen LogP contribution in [0, 0.1) is 0 Å². The number of amides is 1. The number of nitrogens with one attached hydrogen (secondary N) is 1. The maximum atomic E-state index is 13.1. The second-order valence-electron chi connectivity index (χ2n) is 9.87. The number of carbonyl (C=O) groups is 2. The van der Waals surface area contributed by atoms with Crippen molar-refractivity contribution in [3.8, 4) is 0 Å². The minimum absolute atomic E-state index is 0.00835. The fraction of sp³-hybridized carbons (Fsp3) is 0.118. The first-order valence-corrected chi connectivity index (χ1v) is 15.4. The number of hydrogen-bond donors (Lipinski definition) is 1. The van der Waals surface area contributed by atoms with Crippen molar-refractivity contribution in [3.05, 3.63) is 133 Å². The molecular weight excluding hydrogens is 499 g/mol. The SMILES string of the molecule is CN(CC(=O)NCC[PH](c1ccccc1)(c1ccccc1)c1ccccc1)c1ccc2cc(C=O)ccc2c1. The standard InChI is InChI=1S/C34H33N2O2P/c1-36(30-20-19-28-23-27(26-37)17-18-29(28)24-30)25-34(38)35-21-22-39(31-11-5-2-6-12-31,32-13-7-3-8-14-32)33-15-9-4-10-16-33/h2-20,23-24,26,39H,21-22,25H2,1H3,(H,35,38). The fourth-order valence-corrected chi connectivity index (χ4v) is 10.1. The Labute approximate surface area is 230 Å². The maximum absolute atomic E-state index is 13.1. The van der Waals surface area contributed by atoms with Gasteiger partial charge in [-0.05, 0) is 0 Å². The van der Waals surface area contributed by atoms with Gasteiger partial charge in [0.05, 0.1) is 0 Å². The van der Waals surface area contributed by atoms with Crippen molar-refractivity contribution in [2.75, 3.05) is 31.2 Å². The van der Waals surface area contributed by atoms with Gasteiger partial charge in [0.1, 0.15) is 6.29 Å². The summed E-state index contributed by atoms with van der Waals surface area (Å²) in [4.78, 5) is 26.1. The summed E-state index contributed by atoms with van der Waals surface area (Å²) in [7, 11) is -0.458. The first-order valence-electron chi connectivity index (χ1n) is 13.2. The van der Waals surface area contributed by atoms with Crippen LogP contribution in [0.2, 0.25) is 0 Å². The van der Waals surface area contributed by atoms with Crippen LogP contribution in [0.1, 0.15) is 10.4 Å². The number of nitrogens with zero attached hydrogens (tertiary/aromatic N) is 1. The third-order valence-corrected chi connectivity index (χ3v) is 12.4. The molecule has 0 radical (unpaired) electrons. The molecule has 0 unspecified atom stereocenters. The van der Waals surface area contributed by atoms with E-state index in [9.17, 15) is 9.59 Å². The average molecular weight is 533 g/mol. The summed E-state index contributed by atoms with van der Waals surface area (Å²) in [5.74, 6) is -0.00835. The Balaban J connectivity index is 1.34. The third-order valence-electron chi connectivity index (χ3n) is 7.43. The topological polar surface area (TPSA) is 49.4 Å². The monoisotopic (exact) mass is 532 g/mol. The molecule has 196 valence electrons. The number of benzene rings is 5. The second-order valence-corrected chi connectivity index (χ2v) is 13.9. The van der Waals surface area contributed by atoms with E-state index in [1.165, 1.54) is 15.9 Å². The van der Waals surface area contributed by atoms with Gasteiger partial charge in [0, 0.05) is 0 Å². The summed E-state index contributed by atoms with van der Waals surface area (Å²) in [5, 5.41) is 9.26. The Morgan fingerprint density at radius 3 is 1.77 bits per heavy atom. The zero-order valence-electron chi connectivity index (χ0n) is 22.1. The molecule has 0 fully saturated rings. The molecular formula is C34H33N2O2P. The van der Waals surface area contributed by atoms with Crippen LogP contribution in [0.4, 0.5) is 5.69 Å². The van der Waals surface area contributed by atoms with Gasteiger partial charge in [-0.2, -0.15) is 0 Å². The van der Waals surface area contributed by atoms with Crippen LogP contribution in [-0.2, 0) is 4.79 Å². The number of rotatable bonds is 10. The van der Waals surface area contributed by atoms with Gasteiger partial charge >= 0.3 is 220 Å². The molecule has 0 aliphatic carbocycles. The van der Waals surface area contributed by atoms with Crippen LogP contribution in [0.3, 0.4) is 0 Å². The normalized spacial score (nSPS) is 11.6. The number of hydrogen-bond acceptors (Lipinski definition) is 3. The Hall–Kier alpha value is -4.27. The zero-order chi connectivity index (χ0) is 27.1. The quantitative estimate of drug-likeness (QED) is 0.205. The summed E-state index contributed by atoms with van der Waals surface area (Å²) in [5.41, 5.74) is 1.61. The van der Waals surface area contributed by atoms with Crippen molar-refractivity contribution in [3.63, 3.8) is 0 Å². The third kappa shape index (κ3) is 5.77. The van der Waals surface area contributed by atoms with E-state index in [0.717, 1.165) is 28.9 Å². The van der Waals surface area contributed by atoms with Crippen molar-refractivity contribution in [1.82, 2.24) is 5.32 Å². The van der Waals surface area contributed by atoms with E-state index in [0.29, 0.717) is 12.1 Å². The second kappa shape index (κ2) is 12.1. The predicted molar refractivity (Wildman–Crippen MR) is 167 cm³/mol. The molecule has 0 aliphatic rings. The Morgan fingerprint density at radius 1 is 0.718 bits per heavy atom. The van der Waals surface area contributed by atoms with E-state index in [1.807, 2.05) is 42.3 Å². The summed E-state index contributed by atoms with van der Waals surface area (Å²) in [6.45, 7) is 0.846. The molecule has 5 aromatic carbocycles. The van der Waals surface area contributed by atoms with Crippen molar-refractivity contribution in [1.29, 1.82) is 0 Å². The number of fused-ring (bicyclic) bond motifs is 1. The molecule has 4 nitrogen and oxygen atoms in total. The molecule has 0 saturated carbocycles. The minimum atomic E-state index is -2.39. The van der Waals surface area contributed by atoms with Crippen molar-refractivity contribution in [2.45, 2.75) is 0 Å². The molecule has 0 heterocycles. The number of anilines is 1. The molecule has 0 spiro atoms. The van der Waals surface area contributed by atoms with Crippen LogP contribution in [0.5, 0.6) is 0 Å². The molecule has 0 bridgehead atoms. The van der Waals surface area contributed by atoms with Gasteiger partial charge in [-0.3, -0.25) is 4.79 Å². The van der Waals surface area contributed by atoms with Gasteiger partial charge in [-0.25, -0.2) is 0 Å². The van der Waals surface area contributed by atoms with E-state index < -0.39 is 7.26 Å². The first-order chi connectivity index (χ1) is 19.1. The molecule has 5 heteroatoms. The van der Waals surface area contributed by atoms with Gasteiger partial charge in [0.15, 0.2) is 0 Å². The van der Waals surface area contributed by atoms with E-state index in [-0.39, 0.29) is 12.5 Å². The molecule has 0 saturated heterocycles. The molecule has 1 N–H and O–H groups in total. The molecule has 1 amide bonds. The molecule has 5 rings (SSSR count). The van der Waals surface area contributed by atoms with Crippen molar-refractivity contribution < 1.29 is 9.59 Å².